The molecule has 1 fully saturated rings. The number of likely N-dealkylation sites (tertiary alicyclic amines) is 1. The highest BCUT2D eigenvalue weighted by molar-refractivity contribution is 4.86. The number of rotatable bonds is 6. The SMILES string of the molecule is CCCNC(C)C(C)(C)CN1CCCCC1C. The topological polar surface area (TPSA) is 15.3 Å². The van der Waals surface area contributed by atoms with Crippen LogP contribution in [0.15, 0.2) is 0 Å². The predicted molar refractivity (Wildman–Crippen MR) is 76.4 cm³/mol. The third-order valence-corrected chi connectivity index (χ3v) is 4.42. The molecule has 0 spiro atoms. The van der Waals surface area contributed by atoms with E-state index in [0.29, 0.717) is 11.5 Å². The summed E-state index contributed by atoms with van der Waals surface area (Å²) in [4.78, 5) is 2.69. The van der Waals surface area contributed by atoms with Crippen molar-refractivity contribution in [3.63, 3.8) is 0 Å². The Bertz CT molecular complexity index is 213. The van der Waals surface area contributed by atoms with E-state index in [2.05, 4.69) is 44.8 Å². The van der Waals surface area contributed by atoms with Gasteiger partial charge in [0.1, 0.15) is 0 Å². The fourth-order valence-corrected chi connectivity index (χ4v) is 2.69. The Balaban J connectivity index is 2.45. The summed E-state index contributed by atoms with van der Waals surface area (Å²) in [7, 11) is 0. The molecule has 102 valence electrons. The number of piperidine rings is 1. The fourth-order valence-electron chi connectivity index (χ4n) is 2.69. The van der Waals surface area contributed by atoms with Crippen LogP contribution in [-0.4, -0.2) is 36.6 Å². The van der Waals surface area contributed by atoms with E-state index in [-0.39, 0.29) is 0 Å². The molecule has 0 aromatic heterocycles. The van der Waals surface area contributed by atoms with Crippen molar-refractivity contribution in [2.24, 2.45) is 5.41 Å². The highest BCUT2D eigenvalue weighted by Crippen LogP contribution is 2.26. The van der Waals surface area contributed by atoms with E-state index in [9.17, 15) is 0 Å². The van der Waals surface area contributed by atoms with Gasteiger partial charge in [0.25, 0.3) is 0 Å². The minimum Gasteiger partial charge on any atom is -0.314 e. The van der Waals surface area contributed by atoms with Crippen molar-refractivity contribution in [2.75, 3.05) is 19.6 Å². The van der Waals surface area contributed by atoms with Crippen molar-refractivity contribution in [1.82, 2.24) is 10.2 Å². The lowest BCUT2D eigenvalue weighted by atomic mass is 9.83. The van der Waals surface area contributed by atoms with Gasteiger partial charge in [0.15, 0.2) is 0 Å². The molecule has 0 aromatic rings. The Kier molecular flexibility index (Phi) is 5.94. The van der Waals surface area contributed by atoms with Gasteiger partial charge in [-0.25, -0.2) is 0 Å². The van der Waals surface area contributed by atoms with E-state index in [4.69, 9.17) is 0 Å². The molecule has 0 saturated carbocycles. The van der Waals surface area contributed by atoms with E-state index in [1.54, 1.807) is 0 Å². The lowest BCUT2D eigenvalue weighted by Crippen LogP contribution is -2.50. The second-order valence-corrected chi connectivity index (χ2v) is 6.48. The van der Waals surface area contributed by atoms with Gasteiger partial charge in [0.05, 0.1) is 0 Å². The van der Waals surface area contributed by atoms with Crippen LogP contribution >= 0.6 is 0 Å². The molecule has 1 rings (SSSR count). The average molecular weight is 240 g/mol. The van der Waals surface area contributed by atoms with Crippen LogP contribution in [0.1, 0.15) is 60.3 Å². The molecule has 0 radical (unpaired) electrons. The van der Waals surface area contributed by atoms with Crippen molar-refractivity contribution in [1.29, 1.82) is 0 Å². The molecule has 2 heteroatoms. The molecule has 1 saturated heterocycles. The first-order chi connectivity index (χ1) is 7.97. The first-order valence-corrected chi connectivity index (χ1v) is 7.45. The third kappa shape index (κ3) is 4.59. The van der Waals surface area contributed by atoms with E-state index < -0.39 is 0 Å². The quantitative estimate of drug-likeness (QED) is 0.766. The monoisotopic (exact) mass is 240 g/mol. The van der Waals surface area contributed by atoms with Crippen LogP contribution in [0.2, 0.25) is 0 Å². The molecule has 2 atom stereocenters. The number of hydrogen-bond donors (Lipinski definition) is 1. The largest absolute Gasteiger partial charge is 0.314 e. The second kappa shape index (κ2) is 6.75. The summed E-state index contributed by atoms with van der Waals surface area (Å²) in [5, 5.41) is 3.65. The lowest BCUT2D eigenvalue weighted by Gasteiger charge is -2.42. The Morgan fingerprint density at radius 3 is 2.65 bits per heavy atom. The minimum absolute atomic E-state index is 0.362. The smallest absolute Gasteiger partial charge is 0.0102 e. The zero-order valence-electron chi connectivity index (χ0n) is 12.6. The highest BCUT2D eigenvalue weighted by atomic mass is 15.2. The van der Waals surface area contributed by atoms with Gasteiger partial charge in [-0.1, -0.05) is 27.2 Å². The molecule has 1 aliphatic heterocycles. The van der Waals surface area contributed by atoms with E-state index in [0.717, 1.165) is 12.6 Å². The fraction of sp³-hybridized carbons (Fsp3) is 1.00. The van der Waals surface area contributed by atoms with Gasteiger partial charge in [0.2, 0.25) is 0 Å². The summed E-state index contributed by atoms with van der Waals surface area (Å²) in [5.41, 5.74) is 0.362. The first-order valence-electron chi connectivity index (χ1n) is 7.45. The minimum atomic E-state index is 0.362. The lowest BCUT2D eigenvalue weighted by molar-refractivity contribution is 0.0866. The van der Waals surface area contributed by atoms with Crippen LogP contribution in [0.5, 0.6) is 0 Å². The summed E-state index contributed by atoms with van der Waals surface area (Å²) in [6.45, 7) is 15.4. The summed E-state index contributed by atoms with van der Waals surface area (Å²) in [5.74, 6) is 0. The molecule has 2 nitrogen and oxygen atoms in total. The molecular formula is C15H32N2. The van der Waals surface area contributed by atoms with E-state index in [1.165, 1.54) is 38.8 Å². The zero-order chi connectivity index (χ0) is 12.9. The summed E-state index contributed by atoms with van der Waals surface area (Å²) >= 11 is 0. The molecule has 1 heterocycles. The Morgan fingerprint density at radius 1 is 1.35 bits per heavy atom. The first kappa shape index (κ1) is 15.0. The van der Waals surface area contributed by atoms with Crippen LogP contribution in [0.25, 0.3) is 0 Å². The maximum Gasteiger partial charge on any atom is 0.0102 e. The van der Waals surface area contributed by atoms with Crippen LogP contribution in [0, 0.1) is 5.41 Å². The number of nitrogens with one attached hydrogen (secondary N) is 1. The van der Waals surface area contributed by atoms with Gasteiger partial charge < -0.3 is 10.2 Å². The summed E-state index contributed by atoms with van der Waals surface area (Å²) < 4.78 is 0. The van der Waals surface area contributed by atoms with E-state index in [1.807, 2.05) is 0 Å². The van der Waals surface area contributed by atoms with Gasteiger partial charge in [0, 0.05) is 18.6 Å². The van der Waals surface area contributed by atoms with Gasteiger partial charge in [-0.05, 0) is 51.6 Å². The molecule has 1 aliphatic rings. The van der Waals surface area contributed by atoms with Crippen LogP contribution in [-0.2, 0) is 0 Å². The van der Waals surface area contributed by atoms with Crippen molar-refractivity contribution < 1.29 is 0 Å². The number of nitrogens with zero attached hydrogens (tertiary/aromatic N) is 1. The normalized spacial score (nSPS) is 24.9. The summed E-state index contributed by atoms with van der Waals surface area (Å²) in [6.07, 6.45) is 5.41. The van der Waals surface area contributed by atoms with Gasteiger partial charge >= 0.3 is 0 Å². The van der Waals surface area contributed by atoms with Crippen LogP contribution in [0.4, 0.5) is 0 Å². The van der Waals surface area contributed by atoms with Crippen LogP contribution in [0.3, 0.4) is 0 Å². The predicted octanol–water partition coefficient (Wildman–Crippen LogP) is 3.28. The molecule has 0 amide bonds. The Morgan fingerprint density at radius 2 is 2.06 bits per heavy atom. The Hall–Kier alpha value is -0.0800. The van der Waals surface area contributed by atoms with Gasteiger partial charge in [-0.15, -0.1) is 0 Å². The van der Waals surface area contributed by atoms with Crippen molar-refractivity contribution in [3.8, 4) is 0 Å². The van der Waals surface area contributed by atoms with Gasteiger partial charge in [-0.2, -0.15) is 0 Å². The van der Waals surface area contributed by atoms with Crippen molar-refractivity contribution >= 4 is 0 Å². The Labute approximate surface area is 108 Å². The highest BCUT2D eigenvalue weighted by Gasteiger charge is 2.30. The van der Waals surface area contributed by atoms with Crippen LogP contribution < -0.4 is 5.32 Å². The molecule has 0 aromatic carbocycles. The molecule has 1 N–H and O–H groups in total. The molecule has 2 unspecified atom stereocenters. The van der Waals surface area contributed by atoms with Crippen molar-refractivity contribution in [2.45, 2.75) is 72.4 Å². The standard InChI is InChI=1S/C15H32N2/c1-6-10-16-14(3)15(4,5)12-17-11-8-7-9-13(17)2/h13-14,16H,6-12H2,1-5H3. The molecule has 17 heavy (non-hydrogen) atoms. The van der Waals surface area contributed by atoms with E-state index >= 15 is 0 Å². The molecule has 0 bridgehead atoms. The van der Waals surface area contributed by atoms with Crippen molar-refractivity contribution in [3.05, 3.63) is 0 Å². The maximum absolute atomic E-state index is 3.65. The molecule has 0 aliphatic carbocycles. The zero-order valence-corrected chi connectivity index (χ0v) is 12.6. The second-order valence-electron chi connectivity index (χ2n) is 6.48. The third-order valence-electron chi connectivity index (χ3n) is 4.42. The number of hydrogen-bond acceptors (Lipinski definition) is 2. The van der Waals surface area contributed by atoms with Gasteiger partial charge in [-0.3, -0.25) is 0 Å². The summed E-state index contributed by atoms with van der Waals surface area (Å²) in [6, 6.07) is 1.37. The average Bonchev–Trinajstić information content (AvgIpc) is 2.28. The maximum atomic E-state index is 3.65. The molecular weight excluding hydrogens is 208 g/mol.